The first-order valence-corrected chi connectivity index (χ1v) is 13.8. The molecule has 0 aliphatic heterocycles. The number of carbonyl (C=O) groups is 1. The van der Waals surface area contributed by atoms with E-state index in [-0.39, 0.29) is 31.1 Å². The first-order chi connectivity index (χ1) is 17.2. The highest BCUT2D eigenvalue weighted by Gasteiger charge is 2.32. The number of benzene rings is 3. The predicted octanol–water partition coefficient (Wildman–Crippen LogP) is 6.33. The Morgan fingerprint density at radius 1 is 1.03 bits per heavy atom. The molecular weight excluding hydrogens is 492 g/mol. The first-order valence-electron chi connectivity index (χ1n) is 11.5. The number of ketones is 1. The van der Waals surface area contributed by atoms with Crippen LogP contribution in [0.25, 0.3) is 0 Å². The molecule has 6 nitrogen and oxygen atoms in total. The van der Waals surface area contributed by atoms with E-state index in [1.54, 1.807) is 48.5 Å². The van der Waals surface area contributed by atoms with Crippen molar-refractivity contribution in [2.75, 3.05) is 18.2 Å². The van der Waals surface area contributed by atoms with Gasteiger partial charge < -0.3 is 15.8 Å². The van der Waals surface area contributed by atoms with Crippen LogP contribution in [0.3, 0.4) is 0 Å². The smallest absolute Gasteiger partial charge is 0.211 e. The van der Waals surface area contributed by atoms with E-state index in [1.165, 1.54) is 7.11 Å². The molecule has 0 bridgehead atoms. The van der Waals surface area contributed by atoms with E-state index in [0.717, 1.165) is 34.4 Å². The van der Waals surface area contributed by atoms with E-state index in [9.17, 15) is 13.2 Å². The molecule has 8 heteroatoms. The number of hydrogen-bond acceptors (Lipinski definition) is 7. The minimum atomic E-state index is -4.05. The van der Waals surface area contributed by atoms with Crippen LogP contribution in [0.15, 0.2) is 76.5 Å². The Morgan fingerprint density at radius 2 is 1.72 bits per heavy atom. The average molecular weight is 521 g/mol. The minimum absolute atomic E-state index is 0.0676. The molecule has 4 rings (SSSR count). The Kier molecular flexibility index (Phi) is 7.19. The summed E-state index contributed by atoms with van der Waals surface area (Å²) in [5.41, 5.74) is 10.3. The number of anilines is 3. The number of nitrogen functional groups attached to an aromatic ring is 1. The van der Waals surface area contributed by atoms with Crippen molar-refractivity contribution < 1.29 is 17.9 Å². The van der Waals surface area contributed by atoms with E-state index < -0.39 is 9.84 Å². The van der Waals surface area contributed by atoms with Crippen LogP contribution in [0.2, 0.25) is 0 Å². The Morgan fingerprint density at radius 3 is 2.36 bits per heavy atom. The second-order valence-electron chi connectivity index (χ2n) is 8.48. The van der Waals surface area contributed by atoms with Crippen LogP contribution < -0.4 is 15.8 Å². The minimum Gasteiger partial charge on any atom is -0.495 e. The lowest BCUT2D eigenvalue weighted by molar-refractivity contribution is 0.104. The van der Waals surface area contributed by atoms with Gasteiger partial charge in [-0.1, -0.05) is 55.0 Å². The second kappa shape index (κ2) is 10.2. The molecule has 3 N–H and O–H groups in total. The van der Waals surface area contributed by atoms with E-state index in [4.69, 9.17) is 10.5 Å². The van der Waals surface area contributed by atoms with Gasteiger partial charge in [-0.25, -0.2) is 8.42 Å². The maximum atomic E-state index is 13.8. The number of aryl methyl sites for hydroxylation is 3. The maximum Gasteiger partial charge on any atom is 0.211 e. The molecule has 0 atom stereocenters. The molecule has 0 aliphatic carbocycles. The van der Waals surface area contributed by atoms with Crippen LogP contribution in [0.1, 0.15) is 38.8 Å². The number of methoxy groups -OCH3 is 1. The Labute approximate surface area is 215 Å². The predicted molar refractivity (Wildman–Crippen MR) is 146 cm³/mol. The van der Waals surface area contributed by atoms with Gasteiger partial charge >= 0.3 is 0 Å². The molecular formula is C28H28N2O4S2. The van der Waals surface area contributed by atoms with Gasteiger partial charge in [0.15, 0.2) is 0 Å². The average Bonchev–Trinajstić information content (AvgIpc) is 3.20. The normalized spacial score (nSPS) is 11.3. The van der Waals surface area contributed by atoms with Crippen LogP contribution in [-0.2, 0) is 16.3 Å². The van der Waals surface area contributed by atoms with Crippen molar-refractivity contribution >= 4 is 43.3 Å². The number of para-hydroxylation sites is 2. The van der Waals surface area contributed by atoms with E-state index in [2.05, 4.69) is 5.32 Å². The number of thiophene rings is 1. The third-order valence-corrected chi connectivity index (χ3v) is 9.10. The molecule has 0 saturated carbocycles. The maximum absolute atomic E-state index is 13.8. The zero-order chi connectivity index (χ0) is 26.0. The fourth-order valence-electron chi connectivity index (χ4n) is 4.03. The lowest BCUT2D eigenvalue weighted by Crippen LogP contribution is -2.09. The van der Waals surface area contributed by atoms with Crippen molar-refractivity contribution in [3.63, 3.8) is 0 Å². The Hall–Kier alpha value is -3.62. The highest BCUT2D eigenvalue weighted by Crippen LogP contribution is 2.45. The lowest BCUT2D eigenvalue weighted by atomic mass is 10.0. The van der Waals surface area contributed by atoms with E-state index >= 15 is 0 Å². The molecule has 1 aromatic heterocycles. The zero-order valence-electron chi connectivity index (χ0n) is 20.6. The molecule has 0 aliphatic rings. The summed E-state index contributed by atoms with van der Waals surface area (Å²) in [6.07, 6.45) is 0.788. The number of sulfone groups is 1. The molecule has 4 aromatic rings. The van der Waals surface area contributed by atoms with Gasteiger partial charge in [-0.2, -0.15) is 0 Å². The summed E-state index contributed by atoms with van der Waals surface area (Å²) < 4.78 is 33.1. The van der Waals surface area contributed by atoms with Crippen molar-refractivity contribution in [1.29, 1.82) is 0 Å². The third-order valence-electron chi connectivity index (χ3n) is 6.00. The van der Waals surface area contributed by atoms with Crippen LogP contribution >= 0.6 is 11.3 Å². The monoisotopic (exact) mass is 520 g/mol. The fourth-order valence-corrected chi connectivity index (χ4v) is 6.95. The first kappa shape index (κ1) is 25.5. The highest BCUT2D eigenvalue weighted by molar-refractivity contribution is 7.92. The van der Waals surface area contributed by atoms with Gasteiger partial charge in [0.2, 0.25) is 15.6 Å². The molecule has 3 aromatic carbocycles. The summed E-state index contributed by atoms with van der Waals surface area (Å²) >= 11 is 1.02. The van der Waals surface area contributed by atoms with Gasteiger partial charge in [-0.3, -0.25) is 4.79 Å². The van der Waals surface area contributed by atoms with Gasteiger partial charge in [0, 0.05) is 5.56 Å². The number of hydrogen-bond donors (Lipinski definition) is 2. The molecule has 0 unspecified atom stereocenters. The second-order valence-corrected chi connectivity index (χ2v) is 11.4. The number of nitrogens with one attached hydrogen (secondary N) is 1. The number of ether oxygens (including phenoxy) is 1. The number of rotatable bonds is 8. The highest BCUT2D eigenvalue weighted by atomic mass is 32.2. The van der Waals surface area contributed by atoms with Gasteiger partial charge in [0.1, 0.15) is 20.5 Å². The van der Waals surface area contributed by atoms with E-state index in [1.807, 2.05) is 39.0 Å². The van der Waals surface area contributed by atoms with Crippen LogP contribution in [0.5, 0.6) is 5.75 Å². The summed E-state index contributed by atoms with van der Waals surface area (Å²) in [4.78, 5) is 13.7. The number of carbonyl (C=O) groups excluding carboxylic acids is 1. The number of nitrogens with two attached hydrogens (primary N) is 1. The third kappa shape index (κ3) is 4.74. The van der Waals surface area contributed by atoms with Crippen molar-refractivity contribution in [2.45, 2.75) is 37.0 Å². The standard InChI is InChI=1S/C28H28N2O4S2/c1-5-19-11-13-20(14-12-19)36(32,33)27-24(29)26(25(31)21-15-10-17(2)16-18(21)3)35-28(27)30-22-8-6-7-9-23(22)34-4/h6-16,30H,5,29H2,1-4H3. The molecule has 0 spiro atoms. The molecule has 0 saturated heterocycles. The fraction of sp³-hybridized carbons (Fsp3) is 0.179. The van der Waals surface area contributed by atoms with Crippen molar-refractivity contribution in [3.8, 4) is 5.75 Å². The molecule has 0 amide bonds. The molecule has 186 valence electrons. The van der Waals surface area contributed by atoms with Crippen molar-refractivity contribution in [3.05, 3.63) is 93.9 Å². The van der Waals surface area contributed by atoms with Gasteiger partial charge in [-0.05, 0) is 55.7 Å². The molecule has 0 fully saturated rings. The van der Waals surface area contributed by atoms with Gasteiger partial charge in [-0.15, -0.1) is 11.3 Å². The summed E-state index contributed by atoms with van der Waals surface area (Å²) in [6.45, 7) is 5.80. The topological polar surface area (TPSA) is 98.5 Å². The van der Waals surface area contributed by atoms with Crippen molar-refractivity contribution in [2.24, 2.45) is 0 Å². The summed E-state index contributed by atoms with van der Waals surface area (Å²) in [7, 11) is -2.51. The van der Waals surface area contributed by atoms with Crippen LogP contribution in [-0.4, -0.2) is 21.3 Å². The molecule has 0 radical (unpaired) electrons. The Bertz CT molecular complexity index is 1540. The van der Waals surface area contributed by atoms with Gasteiger partial charge in [0.25, 0.3) is 0 Å². The largest absolute Gasteiger partial charge is 0.495 e. The SMILES string of the molecule is CCc1ccc(S(=O)(=O)c2c(Nc3ccccc3OC)sc(C(=O)c3ccc(C)cc3C)c2N)cc1. The zero-order valence-corrected chi connectivity index (χ0v) is 22.2. The molecule has 36 heavy (non-hydrogen) atoms. The van der Waals surface area contributed by atoms with E-state index in [0.29, 0.717) is 17.0 Å². The Balaban J connectivity index is 1.90. The van der Waals surface area contributed by atoms with Crippen LogP contribution in [0, 0.1) is 13.8 Å². The summed E-state index contributed by atoms with van der Waals surface area (Å²) in [5, 5.41) is 3.42. The quantitative estimate of drug-likeness (QED) is 0.264. The summed E-state index contributed by atoms with van der Waals surface area (Å²) in [5.74, 6) is 0.211. The summed E-state index contributed by atoms with van der Waals surface area (Å²) in [6, 6.07) is 19.4. The molecule has 1 heterocycles. The van der Waals surface area contributed by atoms with Crippen LogP contribution in [0.4, 0.5) is 16.4 Å². The lowest BCUT2D eigenvalue weighted by Gasteiger charge is -2.12. The van der Waals surface area contributed by atoms with Crippen molar-refractivity contribution in [1.82, 2.24) is 0 Å². The van der Waals surface area contributed by atoms with Gasteiger partial charge in [0.05, 0.1) is 23.4 Å².